The number of hydrogen-bond acceptors (Lipinski definition) is 5. The van der Waals surface area contributed by atoms with Crippen molar-refractivity contribution in [3.63, 3.8) is 0 Å². The molecule has 2 aromatic rings. The van der Waals surface area contributed by atoms with Crippen LogP contribution in [0, 0.1) is 0 Å². The minimum Gasteiger partial charge on any atom is -0.364 e. The first kappa shape index (κ1) is 15.9. The Labute approximate surface area is 141 Å². The van der Waals surface area contributed by atoms with Crippen LogP contribution in [-0.2, 0) is 11.2 Å². The number of benzene rings is 1. The van der Waals surface area contributed by atoms with E-state index in [1.165, 1.54) is 6.20 Å². The Morgan fingerprint density at radius 2 is 2.12 bits per heavy atom. The van der Waals surface area contributed by atoms with Gasteiger partial charge in [-0.15, -0.1) is 0 Å². The molecule has 0 saturated heterocycles. The third-order valence-corrected chi connectivity index (χ3v) is 4.48. The van der Waals surface area contributed by atoms with Gasteiger partial charge in [0.2, 0.25) is 5.91 Å². The van der Waals surface area contributed by atoms with Crippen molar-refractivity contribution in [2.75, 3.05) is 10.6 Å². The molecule has 0 aliphatic carbocycles. The molecule has 0 fully saturated rings. The summed E-state index contributed by atoms with van der Waals surface area (Å²) in [4.78, 5) is 39.1. The maximum Gasteiger partial charge on any atom is 0.320 e. The van der Waals surface area contributed by atoms with Crippen LogP contribution in [0.2, 0.25) is 0 Å². The Kier molecular flexibility index (Phi) is 4.43. The van der Waals surface area contributed by atoms with Crippen molar-refractivity contribution in [3.8, 4) is 0 Å². The monoisotopic (exact) mass is 345 g/mol. The molecule has 1 unspecified atom stereocenters. The highest BCUT2D eigenvalue weighted by Gasteiger charge is 2.25. The summed E-state index contributed by atoms with van der Waals surface area (Å²) in [5.74, 6) is -0.924. The molecular weight excluding hydrogens is 330 g/mol. The zero-order valence-electron chi connectivity index (χ0n) is 12.5. The summed E-state index contributed by atoms with van der Waals surface area (Å²) < 4.78 is 0. The number of rotatable bonds is 3. The fourth-order valence-electron chi connectivity index (χ4n) is 2.40. The standard InChI is InChI=1S/C15H15N5O3S/c16-12(21)14-17-7-11(24-14)20-15(23)19-10-6-5-8-3-1-2-4-9(8)18-13(10)22/h1-4,7,10H,5-6H2,(H2,16,21)(H,18,22)(H2,19,20,23). The molecule has 9 heteroatoms. The number of aromatic nitrogens is 1. The van der Waals surface area contributed by atoms with E-state index in [1.807, 2.05) is 24.3 Å². The number of fused-ring (bicyclic) bond motifs is 1. The van der Waals surface area contributed by atoms with Crippen molar-refractivity contribution in [1.29, 1.82) is 0 Å². The molecule has 1 aliphatic heterocycles. The summed E-state index contributed by atoms with van der Waals surface area (Å²) in [7, 11) is 0. The van der Waals surface area contributed by atoms with E-state index in [0.717, 1.165) is 22.6 Å². The quantitative estimate of drug-likeness (QED) is 0.669. The molecule has 1 aromatic carbocycles. The summed E-state index contributed by atoms with van der Waals surface area (Å²) in [6.07, 6.45) is 2.51. The van der Waals surface area contributed by atoms with Crippen LogP contribution in [0.5, 0.6) is 0 Å². The van der Waals surface area contributed by atoms with Gasteiger partial charge in [-0.2, -0.15) is 0 Å². The van der Waals surface area contributed by atoms with Crippen LogP contribution in [0.15, 0.2) is 30.5 Å². The smallest absolute Gasteiger partial charge is 0.320 e. The molecule has 0 spiro atoms. The van der Waals surface area contributed by atoms with E-state index in [4.69, 9.17) is 5.73 Å². The van der Waals surface area contributed by atoms with Gasteiger partial charge in [0.1, 0.15) is 11.0 Å². The van der Waals surface area contributed by atoms with E-state index in [-0.39, 0.29) is 10.9 Å². The van der Waals surface area contributed by atoms with Gasteiger partial charge >= 0.3 is 6.03 Å². The number of nitrogens with zero attached hydrogens (tertiary/aromatic N) is 1. The van der Waals surface area contributed by atoms with Crippen LogP contribution in [0.4, 0.5) is 15.5 Å². The first-order valence-electron chi connectivity index (χ1n) is 7.25. The van der Waals surface area contributed by atoms with Crippen molar-refractivity contribution >= 4 is 39.9 Å². The Hall–Kier alpha value is -2.94. The average molecular weight is 345 g/mol. The number of para-hydroxylation sites is 1. The van der Waals surface area contributed by atoms with Gasteiger partial charge in [-0.25, -0.2) is 9.78 Å². The van der Waals surface area contributed by atoms with Crippen molar-refractivity contribution < 1.29 is 14.4 Å². The summed E-state index contributed by atoms with van der Waals surface area (Å²) >= 11 is 0.968. The van der Waals surface area contributed by atoms with E-state index < -0.39 is 18.0 Å². The van der Waals surface area contributed by atoms with Gasteiger partial charge in [0.15, 0.2) is 5.01 Å². The van der Waals surface area contributed by atoms with Crippen LogP contribution < -0.4 is 21.7 Å². The van der Waals surface area contributed by atoms with Gasteiger partial charge in [0.05, 0.1) is 6.20 Å². The van der Waals surface area contributed by atoms with Crippen molar-refractivity contribution in [2.45, 2.75) is 18.9 Å². The number of nitrogens with one attached hydrogen (secondary N) is 3. The van der Waals surface area contributed by atoms with E-state index in [1.54, 1.807) is 0 Å². The van der Waals surface area contributed by atoms with Crippen molar-refractivity contribution in [3.05, 3.63) is 41.0 Å². The Bertz CT molecular complexity index is 804. The Morgan fingerprint density at radius 3 is 2.88 bits per heavy atom. The van der Waals surface area contributed by atoms with E-state index in [2.05, 4.69) is 20.9 Å². The molecule has 5 N–H and O–H groups in total. The third-order valence-electron chi connectivity index (χ3n) is 3.55. The number of nitrogens with two attached hydrogens (primary N) is 1. The highest BCUT2D eigenvalue weighted by atomic mass is 32.1. The summed E-state index contributed by atoms with van der Waals surface area (Å²) in [6, 6.07) is 6.34. The predicted octanol–water partition coefficient (Wildman–Crippen LogP) is 1.32. The molecule has 0 saturated carbocycles. The topological polar surface area (TPSA) is 126 Å². The van der Waals surface area contributed by atoms with Gasteiger partial charge in [-0.05, 0) is 24.5 Å². The number of aryl methyl sites for hydroxylation is 1. The molecule has 0 radical (unpaired) electrons. The number of anilines is 2. The third kappa shape index (κ3) is 3.51. The second kappa shape index (κ2) is 6.67. The lowest BCUT2D eigenvalue weighted by atomic mass is 10.1. The average Bonchev–Trinajstić information content (AvgIpc) is 2.95. The van der Waals surface area contributed by atoms with Crippen LogP contribution in [0.1, 0.15) is 21.8 Å². The van der Waals surface area contributed by atoms with Gasteiger partial charge in [-0.3, -0.25) is 14.9 Å². The minimum absolute atomic E-state index is 0.105. The molecule has 4 amide bonds. The van der Waals surface area contributed by atoms with Crippen LogP contribution in [0.3, 0.4) is 0 Å². The molecule has 1 atom stereocenters. The van der Waals surface area contributed by atoms with Crippen LogP contribution in [0.25, 0.3) is 0 Å². The molecule has 1 aliphatic rings. The molecule has 0 bridgehead atoms. The second-order valence-electron chi connectivity index (χ2n) is 5.23. The number of hydrogen-bond donors (Lipinski definition) is 4. The van der Waals surface area contributed by atoms with E-state index in [9.17, 15) is 14.4 Å². The predicted molar refractivity (Wildman–Crippen MR) is 90.0 cm³/mol. The Balaban J connectivity index is 1.62. The van der Waals surface area contributed by atoms with Crippen molar-refractivity contribution in [2.24, 2.45) is 5.73 Å². The SMILES string of the molecule is NC(=O)c1ncc(NC(=O)NC2CCc3ccccc3NC2=O)s1. The molecule has 2 heterocycles. The van der Waals surface area contributed by atoms with Gasteiger partial charge in [0, 0.05) is 5.69 Å². The number of urea groups is 1. The van der Waals surface area contributed by atoms with E-state index in [0.29, 0.717) is 17.8 Å². The lowest BCUT2D eigenvalue weighted by molar-refractivity contribution is -0.117. The number of carbonyl (C=O) groups excluding carboxylic acids is 3. The maximum absolute atomic E-state index is 12.2. The van der Waals surface area contributed by atoms with Gasteiger partial charge < -0.3 is 16.4 Å². The lowest BCUT2D eigenvalue weighted by Gasteiger charge is -2.15. The molecule has 24 heavy (non-hydrogen) atoms. The largest absolute Gasteiger partial charge is 0.364 e. The lowest BCUT2D eigenvalue weighted by Crippen LogP contribution is -2.45. The Morgan fingerprint density at radius 1 is 1.33 bits per heavy atom. The minimum atomic E-state index is -0.658. The summed E-state index contributed by atoms with van der Waals surface area (Å²) in [5, 5.41) is 8.46. The second-order valence-corrected chi connectivity index (χ2v) is 6.26. The first-order valence-corrected chi connectivity index (χ1v) is 8.06. The summed E-state index contributed by atoms with van der Waals surface area (Å²) in [6.45, 7) is 0. The fraction of sp³-hybridized carbons (Fsp3) is 0.200. The normalized spacial score (nSPS) is 16.5. The van der Waals surface area contributed by atoms with Gasteiger partial charge in [0.25, 0.3) is 5.91 Å². The highest BCUT2D eigenvalue weighted by Crippen LogP contribution is 2.22. The maximum atomic E-state index is 12.2. The van der Waals surface area contributed by atoms with Crippen molar-refractivity contribution in [1.82, 2.24) is 10.3 Å². The van der Waals surface area contributed by atoms with Crippen LogP contribution in [-0.4, -0.2) is 28.9 Å². The van der Waals surface area contributed by atoms with E-state index >= 15 is 0 Å². The zero-order valence-corrected chi connectivity index (χ0v) is 13.4. The number of amides is 4. The molecule has 1 aromatic heterocycles. The number of primary amides is 1. The fourth-order valence-corrected chi connectivity index (χ4v) is 3.06. The molecule has 124 valence electrons. The molecular formula is C15H15N5O3S. The zero-order chi connectivity index (χ0) is 17.1. The van der Waals surface area contributed by atoms with Gasteiger partial charge in [-0.1, -0.05) is 29.5 Å². The number of carbonyl (C=O) groups is 3. The summed E-state index contributed by atoms with van der Waals surface area (Å²) in [5.41, 5.74) is 6.91. The number of thiazole rings is 1. The van der Waals surface area contributed by atoms with Crippen LogP contribution >= 0.6 is 11.3 Å². The highest BCUT2D eigenvalue weighted by molar-refractivity contribution is 7.17. The molecule has 3 rings (SSSR count). The molecule has 8 nitrogen and oxygen atoms in total. The first-order chi connectivity index (χ1) is 11.5.